The first-order chi connectivity index (χ1) is 7.40. The number of carboxylic acid groups (broad SMARTS) is 1. The Morgan fingerprint density at radius 1 is 1.38 bits per heavy atom. The van der Waals surface area contributed by atoms with Crippen molar-refractivity contribution in [2.75, 3.05) is 13.1 Å². The first-order valence-electron chi connectivity index (χ1n) is 5.34. The van der Waals surface area contributed by atoms with Crippen molar-refractivity contribution < 1.29 is 19.4 Å². The molecule has 0 radical (unpaired) electrons. The van der Waals surface area contributed by atoms with E-state index in [-0.39, 0.29) is 18.2 Å². The highest BCUT2D eigenvalue weighted by molar-refractivity contribution is 5.82. The number of hydrogen-bond acceptors (Lipinski definition) is 3. The quantitative estimate of drug-likeness (QED) is 0.714. The minimum absolute atomic E-state index is 0.0189. The van der Waals surface area contributed by atoms with Crippen LogP contribution in [0, 0.1) is 0 Å². The second-order valence-electron chi connectivity index (χ2n) is 4.17. The second-order valence-corrected chi connectivity index (χ2v) is 4.17. The molecule has 3 atom stereocenters. The first kappa shape index (κ1) is 12.8. The molecule has 6 heteroatoms. The number of amides is 2. The highest BCUT2D eigenvalue weighted by Gasteiger charge is 2.27. The predicted octanol–water partition coefficient (Wildman–Crippen LogP) is 0.278. The van der Waals surface area contributed by atoms with Crippen molar-refractivity contribution in [2.24, 2.45) is 0 Å². The summed E-state index contributed by atoms with van der Waals surface area (Å²) in [5, 5.41) is 11.1. The van der Waals surface area contributed by atoms with Gasteiger partial charge in [-0.3, -0.25) is 4.79 Å². The SMILES string of the molecule is C[C@@H]1CN(C(=O)N[C@@H](C)C(=O)O)C[C@H](C)O1. The molecule has 2 N–H and O–H groups in total. The molecule has 92 valence electrons. The average molecular weight is 230 g/mol. The molecule has 6 nitrogen and oxygen atoms in total. The van der Waals surface area contributed by atoms with E-state index in [4.69, 9.17) is 9.84 Å². The van der Waals surface area contributed by atoms with Gasteiger partial charge >= 0.3 is 12.0 Å². The van der Waals surface area contributed by atoms with Gasteiger partial charge in [0.1, 0.15) is 6.04 Å². The van der Waals surface area contributed by atoms with Gasteiger partial charge in [0.2, 0.25) is 0 Å². The number of carbonyl (C=O) groups is 2. The van der Waals surface area contributed by atoms with E-state index < -0.39 is 12.0 Å². The van der Waals surface area contributed by atoms with Crippen molar-refractivity contribution in [3.63, 3.8) is 0 Å². The van der Waals surface area contributed by atoms with E-state index in [2.05, 4.69) is 5.32 Å². The van der Waals surface area contributed by atoms with Crippen molar-refractivity contribution in [3.8, 4) is 0 Å². The Kier molecular flexibility index (Phi) is 4.12. The molecule has 0 spiro atoms. The van der Waals surface area contributed by atoms with E-state index in [0.29, 0.717) is 13.1 Å². The van der Waals surface area contributed by atoms with Gasteiger partial charge in [-0.1, -0.05) is 0 Å². The maximum atomic E-state index is 11.7. The van der Waals surface area contributed by atoms with Crippen LogP contribution in [0.5, 0.6) is 0 Å². The molecule has 0 aromatic rings. The van der Waals surface area contributed by atoms with Gasteiger partial charge in [-0.2, -0.15) is 0 Å². The van der Waals surface area contributed by atoms with E-state index in [1.54, 1.807) is 4.90 Å². The summed E-state index contributed by atoms with van der Waals surface area (Å²) >= 11 is 0. The number of ether oxygens (including phenoxy) is 1. The van der Waals surface area contributed by atoms with Gasteiger partial charge in [0.15, 0.2) is 0 Å². The fourth-order valence-corrected chi connectivity index (χ4v) is 1.68. The summed E-state index contributed by atoms with van der Waals surface area (Å²) in [5.41, 5.74) is 0. The lowest BCUT2D eigenvalue weighted by atomic mass is 10.2. The maximum absolute atomic E-state index is 11.7. The van der Waals surface area contributed by atoms with E-state index in [1.807, 2.05) is 13.8 Å². The smallest absolute Gasteiger partial charge is 0.325 e. The number of morpholine rings is 1. The molecule has 16 heavy (non-hydrogen) atoms. The summed E-state index contributed by atoms with van der Waals surface area (Å²) in [7, 11) is 0. The standard InChI is InChI=1S/C10H18N2O4/c1-6-4-12(5-7(2)16-6)10(15)11-8(3)9(13)14/h6-8H,4-5H2,1-3H3,(H,11,15)(H,13,14)/t6-,7+,8-/m0/s1. The zero-order chi connectivity index (χ0) is 12.3. The molecule has 1 heterocycles. The number of hydrogen-bond donors (Lipinski definition) is 2. The number of nitrogens with one attached hydrogen (secondary N) is 1. The lowest BCUT2D eigenvalue weighted by Gasteiger charge is -2.35. The predicted molar refractivity (Wildman–Crippen MR) is 57.2 cm³/mol. The molecule has 0 bridgehead atoms. The average Bonchev–Trinajstić information content (AvgIpc) is 2.15. The molecule has 2 amide bonds. The number of aliphatic carboxylic acids is 1. The Labute approximate surface area is 94.6 Å². The van der Waals surface area contributed by atoms with Crippen LogP contribution in [0.25, 0.3) is 0 Å². The maximum Gasteiger partial charge on any atom is 0.325 e. The summed E-state index contributed by atoms with van der Waals surface area (Å²) in [4.78, 5) is 23.9. The Morgan fingerprint density at radius 3 is 2.31 bits per heavy atom. The number of carboxylic acids is 1. The molecule has 1 fully saturated rings. The Morgan fingerprint density at radius 2 is 1.88 bits per heavy atom. The summed E-state index contributed by atoms with van der Waals surface area (Å²) in [5.74, 6) is -1.04. The van der Waals surface area contributed by atoms with Crippen molar-refractivity contribution in [1.82, 2.24) is 10.2 Å². The summed E-state index contributed by atoms with van der Waals surface area (Å²) < 4.78 is 5.48. The van der Waals surface area contributed by atoms with Gasteiger partial charge in [0.25, 0.3) is 0 Å². The molecule has 0 saturated carbocycles. The molecule has 1 rings (SSSR count). The van der Waals surface area contributed by atoms with Crippen LogP contribution in [0.1, 0.15) is 20.8 Å². The lowest BCUT2D eigenvalue weighted by molar-refractivity contribution is -0.138. The van der Waals surface area contributed by atoms with E-state index in [9.17, 15) is 9.59 Å². The fraction of sp³-hybridized carbons (Fsp3) is 0.800. The Balaban J connectivity index is 2.50. The number of urea groups is 1. The van der Waals surface area contributed by atoms with Crippen LogP contribution in [0.2, 0.25) is 0 Å². The van der Waals surface area contributed by atoms with Crippen LogP contribution in [0.3, 0.4) is 0 Å². The van der Waals surface area contributed by atoms with Gasteiger partial charge in [0.05, 0.1) is 12.2 Å². The van der Waals surface area contributed by atoms with Crippen LogP contribution in [-0.2, 0) is 9.53 Å². The third-order valence-corrected chi connectivity index (χ3v) is 2.42. The topological polar surface area (TPSA) is 78.9 Å². The number of carbonyl (C=O) groups excluding carboxylic acids is 1. The number of nitrogens with zero attached hydrogens (tertiary/aromatic N) is 1. The zero-order valence-electron chi connectivity index (χ0n) is 9.77. The number of rotatable bonds is 2. The third-order valence-electron chi connectivity index (χ3n) is 2.42. The van der Waals surface area contributed by atoms with Gasteiger partial charge in [0, 0.05) is 13.1 Å². The normalized spacial score (nSPS) is 27.3. The van der Waals surface area contributed by atoms with Crippen molar-refractivity contribution in [2.45, 2.75) is 39.0 Å². The van der Waals surface area contributed by atoms with Crippen molar-refractivity contribution in [1.29, 1.82) is 0 Å². The third kappa shape index (κ3) is 3.37. The van der Waals surface area contributed by atoms with Crippen LogP contribution in [0.15, 0.2) is 0 Å². The minimum atomic E-state index is -1.04. The van der Waals surface area contributed by atoms with Gasteiger partial charge < -0.3 is 20.1 Å². The summed E-state index contributed by atoms with van der Waals surface area (Å²) in [6, 6.07) is -1.22. The molecule has 0 aromatic carbocycles. The summed E-state index contributed by atoms with van der Waals surface area (Å²) in [6.45, 7) is 6.19. The molecule has 1 aliphatic rings. The van der Waals surface area contributed by atoms with Crippen LogP contribution in [-0.4, -0.2) is 53.3 Å². The molecular formula is C10H18N2O4. The molecule has 0 aromatic heterocycles. The summed E-state index contributed by atoms with van der Waals surface area (Å²) in [6.07, 6.45) is -0.0377. The van der Waals surface area contributed by atoms with E-state index in [0.717, 1.165) is 0 Å². The van der Waals surface area contributed by atoms with Gasteiger partial charge in [-0.15, -0.1) is 0 Å². The highest BCUT2D eigenvalue weighted by atomic mass is 16.5. The van der Waals surface area contributed by atoms with Crippen molar-refractivity contribution >= 4 is 12.0 Å². The second kappa shape index (κ2) is 5.16. The van der Waals surface area contributed by atoms with Crippen LogP contribution < -0.4 is 5.32 Å². The highest BCUT2D eigenvalue weighted by Crippen LogP contribution is 2.10. The zero-order valence-corrected chi connectivity index (χ0v) is 9.77. The molecule has 1 aliphatic heterocycles. The van der Waals surface area contributed by atoms with Crippen LogP contribution in [0.4, 0.5) is 4.79 Å². The largest absolute Gasteiger partial charge is 0.480 e. The van der Waals surface area contributed by atoms with E-state index in [1.165, 1.54) is 6.92 Å². The Bertz CT molecular complexity index is 272. The minimum Gasteiger partial charge on any atom is -0.480 e. The first-order valence-corrected chi connectivity index (χ1v) is 5.34. The molecule has 0 aliphatic carbocycles. The van der Waals surface area contributed by atoms with Crippen LogP contribution >= 0.6 is 0 Å². The molecular weight excluding hydrogens is 212 g/mol. The monoisotopic (exact) mass is 230 g/mol. The fourth-order valence-electron chi connectivity index (χ4n) is 1.68. The van der Waals surface area contributed by atoms with Crippen molar-refractivity contribution in [3.05, 3.63) is 0 Å². The molecule has 0 unspecified atom stereocenters. The van der Waals surface area contributed by atoms with Gasteiger partial charge in [-0.05, 0) is 20.8 Å². The van der Waals surface area contributed by atoms with E-state index >= 15 is 0 Å². The van der Waals surface area contributed by atoms with Gasteiger partial charge in [-0.25, -0.2) is 4.79 Å². The lowest BCUT2D eigenvalue weighted by Crippen LogP contribution is -2.54. The Hall–Kier alpha value is -1.30. The molecule has 1 saturated heterocycles.